The number of unbranched alkanes of at least 4 members (excludes halogenated alkanes) is 8. The largest absolute Gasteiger partial charge is 0.466 e. The molecule has 0 atom stereocenters. The summed E-state index contributed by atoms with van der Waals surface area (Å²) in [6, 6.07) is 0. The highest BCUT2D eigenvalue weighted by Gasteiger charge is 2.11. The molecule has 0 aromatic heterocycles. The number of alkyl halides is 1. The van der Waals surface area contributed by atoms with Crippen molar-refractivity contribution in [3.05, 3.63) is 0 Å². The highest BCUT2D eigenvalue weighted by molar-refractivity contribution is 9.09. The second-order valence-electron chi connectivity index (χ2n) is 8.15. The molecule has 0 saturated heterocycles. The highest BCUT2D eigenvalue weighted by atomic mass is 79.9. The fourth-order valence-electron chi connectivity index (χ4n) is 2.98. The third-order valence-electron chi connectivity index (χ3n) is 4.98. The summed E-state index contributed by atoms with van der Waals surface area (Å²) in [7, 11) is 0. The molecule has 0 rings (SSSR count). The summed E-state index contributed by atoms with van der Waals surface area (Å²) in [6.07, 6.45) is 15.1. The molecule has 0 heterocycles. The first-order chi connectivity index (χ1) is 16.2. The maximum Gasteiger partial charge on any atom is 0.305 e. The monoisotopic (exact) mass is 526 g/mol. The van der Waals surface area contributed by atoms with Crippen molar-refractivity contribution in [3.8, 4) is 23.7 Å². The van der Waals surface area contributed by atoms with Gasteiger partial charge >= 0.3 is 5.97 Å². The Balaban J connectivity index is 4.11. The van der Waals surface area contributed by atoms with E-state index in [2.05, 4.69) is 53.5 Å². The minimum atomic E-state index is -0.317. The first kappa shape index (κ1) is 32.0. The van der Waals surface area contributed by atoms with E-state index in [0.717, 1.165) is 43.9 Å². The summed E-state index contributed by atoms with van der Waals surface area (Å²) in [5, 5.41) is 1.06. The van der Waals surface area contributed by atoms with E-state index in [1.54, 1.807) is 0 Å². The van der Waals surface area contributed by atoms with Crippen LogP contribution in [-0.4, -0.2) is 37.4 Å². The first-order valence-corrected chi connectivity index (χ1v) is 14.2. The average molecular weight is 528 g/mol. The quantitative estimate of drug-likeness (QED) is 0.0508. The van der Waals surface area contributed by atoms with Crippen LogP contribution in [-0.2, 0) is 19.0 Å². The van der Waals surface area contributed by atoms with Crippen LogP contribution in [0.3, 0.4) is 0 Å². The van der Waals surface area contributed by atoms with Crippen LogP contribution >= 0.6 is 15.9 Å². The number of halogens is 1. The molecule has 0 saturated carbocycles. The van der Waals surface area contributed by atoms with Crippen molar-refractivity contribution in [2.24, 2.45) is 0 Å². The Hall–Kier alpha value is -1.01. The Morgan fingerprint density at radius 2 is 1.24 bits per heavy atom. The van der Waals surface area contributed by atoms with Crippen LogP contribution in [0.15, 0.2) is 0 Å². The Kier molecular flexibility index (Phi) is 26.4. The van der Waals surface area contributed by atoms with E-state index in [1.807, 2.05) is 0 Å². The van der Waals surface area contributed by atoms with Crippen LogP contribution in [0.1, 0.15) is 117 Å². The molecule has 190 valence electrons. The summed E-state index contributed by atoms with van der Waals surface area (Å²) in [5.41, 5.74) is 0. The summed E-state index contributed by atoms with van der Waals surface area (Å²) in [5.74, 6) is 12.6. The van der Waals surface area contributed by atoms with Gasteiger partial charge in [-0.3, -0.25) is 4.79 Å². The number of carbonyl (C=O) groups is 1. The van der Waals surface area contributed by atoms with Gasteiger partial charge in [0.05, 0.1) is 19.8 Å². The van der Waals surface area contributed by atoms with Gasteiger partial charge in [0, 0.05) is 37.4 Å². The zero-order chi connectivity index (χ0) is 24.2. The third kappa shape index (κ3) is 25.5. The normalized spacial score (nSPS) is 10.4. The lowest BCUT2D eigenvalue weighted by atomic mass is 10.2. The SMILES string of the molecule is CCCCC#CCCOC(CCCC(=O)OCCCCCCCBr)OCCC#CCCCC. The molecular weight excluding hydrogens is 480 g/mol. The summed E-state index contributed by atoms with van der Waals surface area (Å²) in [4.78, 5) is 12.0. The van der Waals surface area contributed by atoms with Crippen LogP contribution in [0.25, 0.3) is 0 Å². The maximum atomic E-state index is 12.0. The van der Waals surface area contributed by atoms with Gasteiger partial charge in [-0.15, -0.1) is 23.7 Å². The van der Waals surface area contributed by atoms with Crippen molar-refractivity contribution >= 4 is 21.9 Å². The zero-order valence-corrected chi connectivity index (χ0v) is 22.8. The number of esters is 1. The Morgan fingerprint density at radius 3 is 1.82 bits per heavy atom. The lowest BCUT2D eigenvalue weighted by Crippen LogP contribution is -2.19. The van der Waals surface area contributed by atoms with Crippen LogP contribution in [0.5, 0.6) is 0 Å². The highest BCUT2D eigenvalue weighted by Crippen LogP contribution is 2.10. The molecular formula is C28H47BrO4. The summed E-state index contributed by atoms with van der Waals surface area (Å²) in [6.45, 7) is 5.96. The fraction of sp³-hybridized carbons (Fsp3) is 0.821. The van der Waals surface area contributed by atoms with Gasteiger partial charge in [-0.1, -0.05) is 61.9 Å². The summed E-state index contributed by atoms with van der Waals surface area (Å²) < 4.78 is 17.1. The van der Waals surface area contributed by atoms with E-state index >= 15 is 0 Å². The molecule has 33 heavy (non-hydrogen) atoms. The smallest absolute Gasteiger partial charge is 0.305 e. The van der Waals surface area contributed by atoms with Crippen molar-refractivity contribution in [3.63, 3.8) is 0 Å². The van der Waals surface area contributed by atoms with E-state index in [0.29, 0.717) is 51.9 Å². The number of hydrogen-bond donors (Lipinski definition) is 0. The van der Waals surface area contributed by atoms with E-state index in [-0.39, 0.29) is 12.3 Å². The molecule has 0 N–H and O–H groups in total. The molecule has 0 aliphatic rings. The van der Waals surface area contributed by atoms with Gasteiger partial charge in [-0.05, 0) is 38.5 Å². The Bertz CT molecular complexity index is 524. The predicted molar refractivity (Wildman–Crippen MR) is 141 cm³/mol. The Labute approximate surface area is 212 Å². The van der Waals surface area contributed by atoms with Gasteiger partial charge in [-0.25, -0.2) is 0 Å². The molecule has 0 bridgehead atoms. The van der Waals surface area contributed by atoms with Crippen molar-refractivity contribution in [1.29, 1.82) is 0 Å². The predicted octanol–water partition coefficient (Wildman–Crippen LogP) is 7.57. The lowest BCUT2D eigenvalue weighted by Gasteiger charge is -2.17. The Morgan fingerprint density at radius 1 is 0.697 bits per heavy atom. The topological polar surface area (TPSA) is 44.8 Å². The van der Waals surface area contributed by atoms with Gasteiger partial charge in [0.2, 0.25) is 0 Å². The molecule has 0 spiro atoms. The van der Waals surface area contributed by atoms with Crippen LogP contribution < -0.4 is 0 Å². The maximum absolute atomic E-state index is 12.0. The molecule has 0 aromatic rings. The number of rotatable bonds is 21. The van der Waals surface area contributed by atoms with Gasteiger partial charge in [0.1, 0.15) is 0 Å². The lowest BCUT2D eigenvalue weighted by molar-refractivity contribution is -0.149. The number of ether oxygens (including phenoxy) is 3. The average Bonchev–Trinajstić information content (AvgIpc) is 2.81. The van der Waals surface area contributed by atoms with Crippen molar-refractivity contribution in [2.45, 2.75) is 123 Å². The molecule has 4 nitrogen and oxygen atoms in total. The minimum absolute atomic E-state index is 0.127. The summed E-state index contributed by atoms with van der Waals surface area (Å²) >= 11 is 3.44. The van der Waals surface area contributed by atoms with Crippen molar-refractivity contribution < 1.29 is 19.0 Å². The van der Waals surface area contributed by atoms with Crippen LogP contribution in [0.4, 0.5) is 0 Å². The first-order valence-electron chi connectivity index (χ1n) is 13.1. The molecule has 0 aliphatic carbocycles. The van der Waals surface area contributed by atoms with Crippen molar-refractivity contribution in [1.82, 2.24) is 0 Å². The molecule has 5 heteroatoms. The van der Waals surface area contributed by atoms with E-state index in [4.69, 9.17) is 14.2 Å². The minimum Gasteiger partial charge on any atom is -0.466 e. The van der Waals surface area contributed by atoms with Gasteiger partial charge in [-0.2, -0.15) is 0 Å². The van der Waals surface area contributed by atoms with Crippen molar-refractivity contribution in [2.75, 3.05) is 25.2 Å². The van der Waals surface area contributed by atoms with E-state index in [9.17, 15) is 4.79 Å². The zero-order valence-electron chi connectivity index (χ0n) is 21.2. The van der Waals surface area contributed by atoms with E-state index < -0.39 is 0 Å². The standard InChI is InChI=1S/C28H47BrO4/c1-3-5-7-9-13-18-25-32-28(33-26-19-14-10-8-6-4-2)22-20-21-27(30)31-24-17-15-11-12-16-23-29/h28H,3-8,11-12,15-26H2,1-2H3. The second-order valence-corrected chi connectivity index (χ2v) is 8.95. The molecule has 0 radical (unpaired) electrons. The molecule has 0 unspecified atom stereocenters. The number of hydrogen-bond acceptors (Lipinski definition) is 4. The molecule has 0 aliphatic heterocycles. The second kappa shape index (κ2) is 27.2. The van der Waals surface area contributed by atoms with Crippen LogP contribution in [0.2, 0.25) is 0 Å². The number of carbonyl (C=O) groups excluding carboxylic acids is 1. The van der Waals surface area contributed by atoms with Crippen LogP contribution in [0, 0.1) is 23.7 Å². The van der Waals surface area contributed by atoms with Gasteiger partial charge in [0.25, 0.3) is 0 Å². The fourth-order valence-corrected chi connectivity index (χ4v) is 3.38. The third-order valence-corrected chi connectivity index (χ3v) is 5.54. The molecule has 0 aromatic carbocycles. The van der Waals surface area contributed by atoms with E-state index in [1.165, 1.54) is 32.1 Å². The van der Waals surface area contributed by atoms with Gasteiger partial charge in [0.15, 0.2) is 6.29 Å². The molecule has 0 amide bonds. The molecule has 0 fully saturated rings. The van der Waals surface area contributed by atoms with Gasteiger partial charge < -0.3 is 14.2 Å².